The van der Waals surface area contributed by atoms with Gasteiger partial charge in [-0.15, -0.1) is 0 Å². The Balaban J connectivity index is 1.98. The van der Waals surface area contributed by atoms with Gasteiger partial charge in [-0.2, -0.15) is 0 Å². The molecule has 6 nitrogen and oxygen atoms in total. The first kappa shape index (κ1) is 20.3. The lowest BCUT2D eigenvalue weighted by molar-refractivity contribution is -0.160. The number of nitrogens with zero attached hydrogens (tertiary/aromatic N) is 1. The van der Waals surface area contributed by atoms with Crippen molar-refractivity contribution in [2.75, 3.05) is 13.7 Å². The van der Waals surface area contributed by atoms with Crippen LogP contribution in [0.3, 0.4) is 0 Å². The quantitative estimate of drug-likeness (QED) is 0.589. The highest BCUT2D eigenvalue weighted by molar-refractivity contribution is 6.26. The van der Waals surface area contributed by atoms with Crippen LogP contribution >= 0.6 is 0 Å². The van der Waals surface area contributed by atoms with E-state index in [0.29, 0.717) is 0 Å². The van der Waals surface area contributed by atoms with Gasteiger partial charge < -0.3 is 9.47 Å². The molecule has 0 radical (unpaired) electrons. The van der Waals surface area contributed by atoms with Gasteiger partial charge >= 0.3 is 5.97 Å². The van der Waals surface area contributed by atoms with Crippen molar-refractivity contribution in [3.05, 3.63) is 42.0 Å². The lowest BCUT2D eigenvalue weighted by Gasteiger charge is -2.35. The number of carbonyl (C=O) groups is 3. The highest BCUT2D eigenvalue weighted by atomic mass is 16.6. The van der Waals surface area contributed by atoms with Crippen LogP contribution in [-0.4, -0.2) is 48.0 Å². The largest absolute Gasteiger partial charge is 0.467 e. The number of carbonyl (C=O) groups excluding carboxylic acids is 3. The summed E-state index contributed by atoms with van der Waals surface area (Å²) in [6.07, 6.45) is 3.21. The number of esters is 1. The van der Waals surface area contributed by atoms with Crippen molar-refractivity contribution in [3.8, 4) is 0 Å². The van der Waals surface area contributed by atoms with Crippen LogP contribution in [0.1, 0.15) is 39.7 Å². The molecule has 2 heterocycles. The monoisotopic (exact) mass is 385 g/mol. The molecule has 0 N–H and O–H groups in total. The molecule has 2 fully saturated rings. The molecule has 0 aliphatic carbocycles. The van der Waals surface area contributed by atoms with Gasteiger partial charge in [0.05, 0.1) is 13.7 Å². The highest BCUT2D eigenvalue weighted by Gasteiger charge is 2.74. The Kier molecular flexibility index (Phi) is 4.96. The molecule has 2 aliphatic heterocycles. The van der Waals surface area contributed by atoms with Crippen LogP contribution in [0.25, 0.3) is 6.08 Å². The Hall–Kier alpha value is -2.47. The zero-order valence-corrected chi connectivity index (χ0v) is 17.0. The van der Waals surface area contributed by atoms with Gasteiger partial charge in [-0.05, 0) is 18.9 Å². The Morgan fingerprint density at radius 3 is 2.50 bits per heavy atom. The van der Waals surface area contributed by atoms with E-state index in [0.717, 1.165) is 5.56 Å². The molecule has 0 saturated carbocycles. The minimum Gasteiger partial charge on any atom is -0.467 e. The van der Waals surface area contributed by atoms with E-state index in [4.69, 9.17) is 9.47 Å². The zero-order chi connectivity index (χ0) is 20.7. The maximum absolute atomic E-state index is 13.5. The number of methoxy groups -OCH3 is 1. The van der Waals surface area contributed by atoms with Crippen molar-refractivity contribution >= 4 is 23.7 Å². The molecular weight excluding hydrogens is 358 g/mol. The van der Waals surface area contributed by atoms with E-state index in [-0.39, 0.29) is 13.0 Å². The second kappa shape index (κ2) is 6.85. The summed E-state index contributed by atoms with van der Waals surface area (Å²) in [7, 11) is 1.22. The summed E-state index contributed by atoms with van der Waals surface area (Å²) in [5, 5.41) is 0. The number of allylic oxidation sites excluding steroid dienone is 1. The van der Waals surface area contributed by atoms with E-state index >= 15 is 0 Å². The molecule has 2 aliphatic rings. The number of Topliss-reactive ketones (excluding diaryl/α,β-unsaturated/α-hetero) is 1. The third-order valence-electron chi connectivity index (χ3n) is 5.56. The molecule has 3 rings (SSSR count). The van der Waals surface area contributed by atoms with E-state index in [1.54, 1.807) is 6.92 Å². The normalized spacial score (nSPS) is 30.2. The Morgan fingerprint density at radius 1 is 1.29 bits per heavy atom. The summed E-state index contributed by atoms with van der Waals surface area (Å²) < 4.78 is 10.7. The molecule has 1 amide bonds. The molecule has 2 saturated heterocycles. The summed E-state index contributed by atoms with van der Waals surface area (Å²) in [5.41, 5.74) is -2.54. The average Bonchev–Trinajstić information content (AvgIpc) is 3.14. The molecule has 0 spiro atoms. The standard InChI is InChI=1S/C22H27NO5/c1-20(2,3)18-23-17(25)21(4,13-9-12-15-10-7-6-8-11-15)16(24)22(23,14-28-18)19(26)27-5/h6-12,18H,13-14H2,1-5H3/b12-9+/t18-,21-,22-/m1/s1. The number of hydrogen-bond acceptors (Lipinski definition) is 5. The molecule has 150 valence electrons. The van der Waals surface area contributed by atoms with Gasteiger partial charge in [0.2, 0.25) is 11.4 Å². The molecule has 3 atom stereocenters. The van der Waals surface area contributed by atoms with Crippen LogP contribution in [0, 0.1) is 10.8 Å². The topological polar surface area (TPSA) is 72.9 Å². The highest BCUT2D eigenvalue weighted by Crippen LogP contribution is 2.50. The van der Waals surface area contributed by atoms with Crippen molar-refractivity contribution in [2.24, 2.45) is 10.8 Å². The predicted octanol–water partition coefficient (Wildman–Crippen LogP) is 2.82. The number of hydrogen-bond donors (Lipinski definition) is 0. The van der Waals surface area contributed by atoms with Gasteiger partial charge in [-0.3, -0.25) is 14.5 Å². The van der Waals surface area contributed by atoms with Crippen LogP contribution in [-0.2, 0) is 23.9 Å². The van der Waals surface area contributed by atoms with E-state index in [9.17, 15) is 14.4 Å². The summed E-state index contributed by atoms with van der Waals surface area (Å²) in [4.78, 5) is 40.9. The molecule has 0 unspecified atom stereocenters. The molecular formula is C22H27NO5. The molecule has 1 aromatic rings. The van der Waals surface area contributed by atoms with Crippen LogP contribution in [0.15, 0.2) is 36.4 Å². The van der Waals surface area contributed by atoms with Crippen molar-refractivity contribution in [1.29, 1.82) is 0 Å². The second-order valence-electron chi connectivity index (χ2n) is 8.73. The molecule has 1 aromatic carbocycles. The molecule has 0 bridgehead atoms. The van der Waals surface area contributed by atoms with Crippen molar-refractivity contribution in [1.82, 2.24) is 4.90 Å². The van der Waals surface area contributed by atoms with Crippen LogP contribution in [0.4, 0.5) is 0 Å². The minimum absolute atomic E-state index is 0.176. The van der Waals surface area contributed by atoms with Gasteiger partial charge in [0, 0.05) is 5.41 Å². The summed E-state index contributed by atoms with van der Waals surface area (Å²) in [5.74, 6) is -1.59. The number of fused-ring (bicyclic) bond motifs is 1. The first-order chi connectivity index (χ1) is 13.1. The molecule has 6 heteroatoms. The van der Waals surface area contributed by atoms with E-state index in [1.165, 1.54) is 12.0 Å². The third-order valence-corrected chi connectivity index (χ3v) is 5.56. The fourth-order valence-corrected chi connectivity index (χ4v) is 4.05. The summed E-state index contributed by atoms with van der Waals surface area (Å²) in [6.45, 7) is 7.16. The Labute approximate surface area is 165 Å². The maximum atomic E-state index is 13.5. The number of ketones is 1. The number of ether oxygens (including phenoxy) is 2. The van der Waals surface area contributed by atoms with Crippen LogP contribution in [0.5, 0.6) is 0 Å². The SMILES string of the molecule is COC(=O)[C@]12CO[C@H](C(C)(C)C)N1C(=O)[C@](C)(C/C=C/c1ccccc1)C2=O. The Bertz CT molecular complexity index is 825. The number of amides is 1. The van der Waals surface area contributed by atoms with Gasteiger partial charge in [0.15, 0.2) is 5.78 Å². The third kappa shape index (κ3) is 2.87. The van der Waals surface area contributed by atoms with E-state index in [1.807, 2.05) is 63.3 Å². The smallest absolute Gasteiger partial charge is 0.342 e. The minimum atomic E-state index is -1.71. The van der Waals surface area contributed by atoms with Crippen molar-refractivity contribution in [3.63, 3.8) is 0 Å². The maximum Gasteiger partial charge on any atom is 0.342 e. The first-order valence-electron chi connectivity index (χ1n) is 9.39. The fraction of sp³-hybridized carbons (Fsp3) is 0.500. The average molecular weight is 385 g/mol. The first-order valence-corrected chi connectivity index (χ1v) is 9.39. The summed E-state index contributed by atoms with van der Waals surface area (Å²) in [6, 6.07) is 9.63. The molecule has 0 aromatic heterocycles. The van der Waals surface area contributed by atoms with Gasteiger partial charge in [-0.1, -0.05) is 63.3 Å². The van der Waals surface area contributed by atoms with Crippen LogP contribution < -0.4 is 0 Å². The van der Waals surface area contributed by atoms with Crippen LogP contribution in [0.2, 0.25) is 0 Å². The van der Waals surface area contributed by atoms with Crippen molar-refractivity contribution in [2.45, 2.75) is 45.9 Å². The fourth-order valence-electron chi connectivity index (χ4n) is 4.05. The Morgan fingerprint density at radius 2 is 1.93 bits per heavy atom. The lowest BCUT2D eigenvalue weighted by atomic mass is 9.78. The second-order valence-corrected chi connectivity index (χ2v) is 8.73. The van der Waals surface area contributed by atoms with E-state index < -0.39 is 40.3 Å². The lowest BCUT2D eigenvalue weighted by Crippen LogP contribution is -2.58. The van der Waals surface area contributed by atoms with Gasteiger partial charge in [-0.25, -0.2) is 4.79 Å². The summed E-state index contributed by atoms with van der Waals surface area (Å²) >= 11 is 0. The van der Waals surface area contributed by atoms with E-state index in [2.05, 4.69) is 0 Å². The van der Waals surface area contributed by atoms with Crippen molar-refractivity contribution < 1.29 is 23.9 Å². The zero-order valence-electron chi connectivity index (χ0n) is 17.0. The number of benzene rings is 1. The van der Waals surface area contributed by atoms with Gasteiger partial charge in [0.25, 0.3) is 0 Å². The van der Waals surface area contributed by atoms with Gasteiger partial charge in [0.1, 0.15) is 11.6 Å². The number of rotatable bonds is 4. The predicted molar refractivity (Wildman–Crippen MR) is 104 cm³/mol. The molecule has 28 heavy (non-hydrogen) atoms.